The molecule has 2 aromatic heterocycles. The van der Waals surface area contributed by atoms with Gasteiger partial charge in [0.2, 0.25) is 17.6 Å². The lowest BCUT2D eigenvalue weighted by molar-refractivity contribution is -0.142. The molecular weight excluding hydrogens is 360 g/mol. The molecule has 3 heterocycles. The molecular formula is C20H28N4O4. The number of carbonyl (C=O) groups is 1. The van der Waals surface area contributed by atoms with Crippen LogP contribution >= 0.6 is 0 Å². The number of carbonyl (C=O) groups excluding carboxylic acids is 1. The third-order valence-corrected chi connectivity index (χ3v) is 5.47. The number of aliphatic hydroxyl groups excluding tert-OH is 2. The Morgan fingerprint density at radius 3 is 3.04 bits per heavy atom. The lowest BCUT2D eigenvalue weighted by atomic mass is 9.74. The average molecular weight is 388 g/mol. The SMILES string of the molecule is CCC[C@@]1(CO)CN(C(=O)CCCc2nc(-c3cccnc3)no2)CC[C@H]1O. The molecule has 1 saturated heterocycles. The highest BCUT2D eigenvalue weighted by molar-refractivity contribution is 5.76. The molecule has 28 heavy (non-hydrogen) atoms. The van der Waals surface area contributed by atoms with Crippen LogP contribution in [0.5, 0.6) is 0 Å². The van der Waals surface area contributed by atoms with Gasteiger partial charge in [0, 0.05) is 49.3 Å². The zero-order chi connectivity index (χ0) is 20.0. The average Bonchev–Trinajstić information content (AvgIpc) is 3.19. The van der Waals surface area contributed by atoms with Gasteiger partial charge in [0.05, 0.1) is 12.7 Å². The minimum atomic E-state index is -0.603. The van der Waals surface area contributed by atoms with Crippen LogP contribution in [0.15, 0.2) is 29.0 Å². The quantitative estimate of drug-likeness (QED) is 0.709. The van der Waals surface area contributed by atoms with Crippen LogP contribution in [0.4, 0.5) is 0 Å². The van der Waals surface area contributed by atoms with E-state index in [4.69, 9.17) is 4.52 Å². The van der Waals surface area contributed by atoms with Gasteiger partial charge in [-0.15, -0.1) is 0 Å². The van der Waals surface area contributed by atoms with E-state index in [-0.39, 0.29) is 12.5 Å². The van der Waals surface area contributed by atoms with Crippen LogP contribution in [0.3, 0.4) is 0 Å². The Bertz CT molecular complexity index is 767. The van der Waals surface area contributed by atoms with Crippen molar-refractivity contribution >= 4 is 5.91 Å². The Labute approximate surface area is 164 Å². The topological polar surface area (TPSA) is 113 Å². The number of rotatable bonds is 8. The zero-order valence-corrected chi connectivity index (χ0v) is 16.3. The second-order valence-electron chi connectivity index (χ2n) is 7.50. The molecule has 2 atom stereocenters. The number of aryl methyl sites for hydroxylation is 1. The number of nitrogens with zero attached hydrogens (tertiary/aromatic N) is 4. The first kappa shape index (κ1) is 20.4. The smallest absolute Gasteiger partial charge is 0.226 e. The van der Waals surface area contributed by atoms with E-state index < -0.39 is 11.5 Å². The van der Waals surface area contributed by atoms with E-state index in [1.54, 1.807) is 17.3 Å². The summed E-state index contributed by atoms with van der Waals surface area (Å²) in [4.78, 5) is 22.8. The molecule has 0 aliphatic carbocycles. The number of piperidine rings is 1. The van der Waals surface area contributed by atoms with Gasteiger partial charge < -0.3 is 19.6 Å². The second-order valence-corrected chi connectivity index (χ2v) is 7.50. The zero-order valence-electron chi connectivity index (χ0n) is 16.3. The summed E-state index contributed by atoms with van der Waals surface area (Å²) < 4.78 is 5.26. The van der Waals surface area contributed by atoms with Crippen molar-refractivity contribution in [2.75, 3.05) is 19.7 Å². The van der Waals surface area contributed by atoms with Gasteiger partial charge in [-0.1, -0.05) is 18.5 Å². The Hall–Kier alpha value is -2.32. The lowest BCUT2D eigenvalue weighted by Gasteiger charge is -2.45. The van der Waals surface area contributed by atoms with Crippen molar-refractivity contribution in [1.82, 2.24) is 20.0 Å². The molecule has 0 radical (unpaired) electrons. The summed E-state index contributed by atoms with van der Waals surface area (Å²) in [6.45, 7) is 2.85. The van der Waals surface area contributed by atoms with E-state index in [1.807, 2.05) is 19.1 Å². The van der Waals surface area contributed by atoms with E-state index in [0.717, 1.165) is 12.0 Å². The highest BCUT2D eigenvalue weighted by Gasteiger charge is 2.42. The maximum atomic E-state index is 12.6. The van der Waals surface area contributed by atoms with Crippen LogP contribution in [0.2, 0.25) is 0 Å². The van der Waals surface area contributed by atoms with Crippen LogP contribution in [-0.2, 0) is 11.2 Å². The monoisotopic (exact) mass is 388 g/mol. The first-order chi connectivity index (χ1) is 13.6. The molecule has 2 N–H and O–H groups in total. The number of aliphatic hydroxyl groups is 2. The van der Waals surface area contributed by atoms with Crippen molar-refractivity contribution in [1.29, 1.82) is 0 Å². The molecule has 1 aliphatic rings. The number of hydrogen-bond donors (Lipinski definition) is 2. The van der Waals surface area contributed by atoms with Crippen molar-refractivity contribution in [3.05, 3.63) is 30.4 Å². The minimum Gasteiger partial charge on any atom is -0.396 e. The number of likely N-dealkylation sites (tertiary alicyclic amines) is 1. The Kier molecular flexibility index (Phi) is 6.74. The normalized spacial score (nSPS) is 22.4. The van der Waals surface area contributed by atoms with Crippen LogP contribution < -0.4 is 0 Å². The molecule has 2 aromatic rings. The molecule has 0 aromatic carbocycles. The lowest BCUT2D eigenvalue weighted by Crippen LogP contribution is -2.55. The van der Waals surface area contributed by atoms with Gasteiger partial charge >= 0.3 is 0 Å². The fourth-order valence-electron chi connectivity index (χ4n) is 3.86. The van der Waals surface area contributed by atoms with Gasteiger partial charge in [-0.3, -0.25) is 9.78 Å². The van der Waals surface area contributed by atoms with E-state index in [9.17, 15) is 15.0 Å². The van der Waals surface area contributed by atoms with Crippen LogP contribution in [0, 0.1) is 5.41 Å². The Morgan fingerprint density at radius 1 is 1.46 bits per heavy atom. The van der Waals surface area contributed by atoms with E-state index in [2.05, 4.69) is 15.1 Å². The maximum absolute atomic E-state index is 12.6. The third kappa shape index (κ3) is 4.56. The van der Waals surface area contributed by atoms with Crippen LogP contribution in [0.25, 0.3) is 11.4 Å². The summed E-state index contributed by atoms with van der Waals surface area (Å²) in [6, 6.07) is 3.67. The summed E-state index contributed by atoms with van der Waals surface area (Å²) in [5, 5.41) is 24.1. The van der Waals surface area contributed by atoms with Crippen LogP contribution in [0.1, 0.15) is 44.9 Å². The second kappa shape index (κ2) is 9.25. The fraction of sp³-hybridized carbons (Fsp3) is 0.600. The highest BCUT2D eigenvalue weighted by Crippen LogP contribution is 2.35. The molecule has 3 rings (SSSR count). The van der Waals surface area contributed by atoms with Crippen molar-refractivity contribution in [3.8, 4) is 11.4 Å². The number of amides is 1. The maximum Gasteiger partial charge on any atom is 0.226 e. The summed E-state index contributed by atoms with van der Waals surface area (Å²) in [7, 11) is 0. The van der Waals surface area contributed by atoms with Gasteiger partial charge in [0.25, 0.3) is 0 Å². The summed E-state index contributed by atoms with van der Waals surface area (Å²) >= 11 is 0. The van der Waals surface area contributed by atoms with Crippen molar-refractivity contribution < 1.29 is 19.5 Å². The molecule has 1 amide bonds. The molecule has 1 fully saturated rings. The van der Waals surface area contributed by atoms with Gasteiger partial charge in [-0.25, -0.2) is 0 Å². The molecule has 8 heteroatoms. The summed E-state index contributed by atoms with van der Waals surface area (Å²) in [5.74, 6) is 1.02. The minimum absolute atomic E-state index is 0.0350. The van der Waals surface area contributed by atoms with E-state index >= 15 is 0 Å². The molecule has 8 nitrogen and oxygen atoms in total. The molecule has 0 unspecified atom stereocenters. The molecule has 0 bridgehead atoms. The van der Waals surface area contributed by atoms with Gasteiger partial charge in [-0.2, -0.15) is 4.98 Å². The fourth-order valence-corrected chi connectivity index (χ4v) is 3.86. The molecule has 1 aliphatic heterocycles. The Balaban J connectivity index is 1.51. The van der Waals surface area contributed by atoms with Gasteiger partial charge in [0.1, 0.15) is 0 Å². The van der Waals surface area contributed by atoms with Crippen molar-refractivity contribution in [2.24, 2.45) is 5.41 Å². The van der Waals surface area contributed by atoms with Crippen LogP contribution in [-0.4, -0.2) is 61.9 Å². The largest absolute Gasteiger partial charge is 0.396 e. The van der Waals surface area contributed by atoms with Crippen molar-refractivity contribution in [3.63, 3.8) is 0 Å². The highest BCUT2D eigenvalue weighted by atomic mass is 16.5. The van der Waals surface area contributed by atoms with Gasteiger partial charge in [0.15, 0.2) is 0 Å². The number of pyridine rings is 1. The van der Waals surface area contributed by atoms with Gasteiger partial charge in [-0.05, 0) is 31.4 Å². The number of hydrogen-bond acceptors (Lipinski definition) is 7. The van der Waals surface area contributed by atoms with E-state index in [1.165, 1.54) is 0 Å². The molecule has 152 valence electrons. The predicted molar refractivity (Wildman–Crippen MR) is 102 cm³/mol. The molecule has 0 spiro atoms. The summed E-state index contributed by atoms with van der Waals surface area (Å²) in [5.41, 5.74) is 0.185. The molecule has 0 saturated carbocycles. The Morgan fingerprint density at radius 2 is 2.32 bits per heavy atom. The number of aromatic nitrogens is 3. The van der Waals surface area contributed by atoms with E-state index in [0.29, 0.717) is 56.9 Å². The first-order valence-electron chi connectivity index (χ1n) is 9.87. The third-order valence-electron chi connectivity index (χ3n) is 5.47. The van der Waals surface area contributed by atoms with Crippen molar-refractivity contribution in [2.45, 2.75) is 51.6 Å². The first-order valence-corrected chi connectivity index (χ1v) is 9.87. The predicted octanol–water partition coefficient (Wildman–Crippen LogP) is 1.83. The summed E-state index contributed by atoms with van der Waals surface area (Å²) in [6.07, 6.45) is 6.35. The standard InChI is InChI=1S/C20H28N4O4/c1-2-9-20(14-25)13-24(11-8-16(20)26)18(27)7-3-6-17-22-19(23-28-17)15-5-4-10-21-12-15/h4-5,10,12,16,25-26H,2-3,6-9,11,13-14H2,1H3/t16-,20+/m1/s1.